The van der Waals surface area contributed by atoms with Gasteiger partial charge in [-0.15, -0.1) is 0 Å². The molecule has 3 aromatic rings. The Morgan fingerprint density at radius 3 is 2.20 bits per heavy atom. The van der Waals surface area contributed by atoms with Crippen LogP contribution in [-0.4, -0.2) is 41.1 Å². The van der Waals surface area contributed by atoms with E-state index in [0.29, 0.717) is 13.0 Å². The fraction of sp³-hybridized carbons (Fsp3) is 0.269. The molecule has 1 amide bonds. The van der Waals surface area contributed by atoms with Crippen LogP contribution in [0.25, 0.3) is 0 Å². The number of carbonyl (C=O) groups is 1. The van der Waals surface area contributed by atoms with E-state index in [2.05, 4.69) is 23.1 Å². The van der Waals surface area contributed by atoms with Gasteiger partial charge in [0.25, 0.3) is 0 Å². The van der Waals surface area contributed by atoms with Crippen molar-refractivity contribution in [3.63, 3.8) is 0 Å². The van der Waals surface area contributed by atoms with E-state index >= 15 is 0 Å². The van der Waals surface area contributed by atoms with Crippen LogP contribution >= 0.6 is 0 Å². The van der Waals surface area contributed by atoms with Crippen molar-refractivity contribution in [3.05, 3.63) is 102 Å². The molecule has 3 aromatic carbocycles. The monoisotopic (exact) mass is 398 g/mol. The number of benzene rings is 3. The second-order valence-electron chi connectivity index (χ2n) is 8.23. The van der Waals surface area contributed by atoms with Gasteiger partial charge in [0.05, 0.1) is 13.0 Å². The zero-order chi connectivity index (χ0) is 20.5. The van der Waals surface area contributed by atoms with Gasteiger partial charge in [0.1, 0.15) is 0 Å². The molecular weight excluding hydrogens is 372 g/mol. The molecule has 1 fully saturated rings. The highest BCUT2D eigenvalue weighted by molar-refractivity contribution is 5.96. The quantitative estimate of drug-likeness (QED) is 0.714. The van der Waals surface area contributed by atoms with E-state index < -0.39 is 0 Å². The zero-order valence-electron chi connectivity index (χ0n) is 16.9. The SMILES string of the molecule is O=C(Cc1ccccc1)N1C[C@H]2[C@@H](c3ccccc31)[C@H](CO)N2Cc1ccccc1. The second-order valence-corrected chi connectivity index (χ2v) is 8.23. The Balaban J connectivity index is 1.44. The molecule has 0 unspecified atom stereocenters. The summed E-state index contributed by atoms with van der Waals surface area (Å²) in [5.41, 5.74) is 4.44. The molecule has 1 N–H and O–H groups in total. The minimum Gasteiger partial charge on any atom is -0.395 e. The number of hydrogen-bond donors (Lipinski definition) is 1. The summed E-state index contributed by atoms with van der Waals surface area (Å²) >= 11 is 0. The van der Waals surface area contributed by atoms with Crippen molar-refractivity contribution in [1.82, 2.24) is 4.90 Å². The third-order valence-corrected chi connectivity index (χ3v) is 6.53. The van der Waals surface area contributed by atoms with E-state index in [1.807, 2.05) is 71.6 Å². The van der Waals surface area contributed by atoms with Crippen LogP contribution < -0.4 is 4.90 Å². The third kappa shape index (κ3) is 3.32. The molecule has 4 heteroatoms. The van der Waals surface area contributed by atoms with Crippen molar-refractivity contribution in [2.75, 3.05) is 18.1 Å². The van der Waals surface area contributed by atoms with Gasteiger partial charge < -0.3 is 10.0 Å². The van der Waals surface area contributed by atoms with Crippen LogP contribution in [0.1, 0.15) is 22.6 Å². The van der Waals surface area contributed by atoms with Gasteiger partial charge in [-0.3, -0.25) is 9.69 Å². The van der Waals surface area contributed by atoms with Crippen LogP contribution in [0.3, 0.4) is 0 Å². The molecule has 30 heavy (non-hydrogen) atoms. The summed E-state index contributed by atoms with van der Waals surface area (Å²) in [6.45, 7) is 1.58. The molecule has 0 saturated carbocycles. The Morgan fingerprint density at radius 1 is 0.867 bits per heavy atom. The van der Waals surface area contributed by atoms with Gasteiger partial charge in [0, 0.05) is 36.8 Å². The fourth-order valence-corrected chi connectivity index (χ4v) is 5.10. The molecule has 2 aliphatic heterocycles. The van der Waals surface area contributed by atoms with Crippen LogP contribution in [0.5, 0.6) is 0 Å². The number of rotatable bonds is 5. The highest BCUT2D eigenvalue weighted by Crippen LogP contribution is 2.48. The summed E-state index contributed by atoms with van der Waals surface area (Å²) in [6.07, 6.45) is 0.397. The maximum Gasteiger partial charge on any atom is 0.231 e. The number of anilines is 1. The van der Waals surface area contributed by atoms with E-state index in [0.717, 1.165) is 17.8 Å². The van der Waals surface area contributed by atoms with E-state index in [1.54, 1.807) is 0 Å². The highest BCUT2D eigenvalue weighted by Gasteiger charge is 2.52. The normalized spacial score (nSPS) is 22.7. The Bertz CT molecular complexity index is 1020. The van der Waals surface area contributed by atoms with Crippen LogP contribution in [0, 0.1) is 0 Å². The first-order valence-corrected chi connectivity index (χ1v) is 10.6. The number of hydrogen-bond acceptors (Lipinski definition) is 3. The average Bonchev–Trinajstić information content (AvgIpc) is 2.79. The van der Waals surface area contributed by atoms with Gasteiger partial charge in [-0.25, -0.2) is 0 Å². The maximum atomic E-state index is 13.3. The minimum absolute atomic E-state index is 0.0859. The lowest BCUT2D eigenvalue weighted by Crippen LogP contribution is -2.68. The lowest BCUT2D eigenvalue weighted by Gasteiger charge is -2.59. The molecule has 0 radical (unpaired) electrons. The molecule has 152 valence electrons. The minimum atomic E-state index is 0.0859. The van der Waals surface area contributed by atoms with Crippen LogP contribution in [-0.2, 0) is 17.8 Å². The largest absolute Gasteiger partial charge is 0.395 e. The van der Waals surface area contributed by atoms with Gasteiger partial charge in [-0.2, -0.15) is 0 Å². The van der Waals surface area contributed by atoms with E-state index in [4.69, 9.17) is 0 Å². The predicted octanol–water partition coefficient (Wildman–Crippen LogP) is 3.60. The lowest BCUT2D eigenvalue weighted by atomic mass is 9.71. The molecule has 0 aliphatic carbocycles. The number of fused-ring (bicyclic) bond motifs is 3. The summed E-state index contributed by atoms with van der Waals surface area (Å²) in [5, 5.41) is 10.1. The number of amides is 1. The van der Waals surface area contributed by atoms with Gasteiger partial charge in [-0.05, 0) is 22.8 Å². The molecule has 4 nitrogen and oxygen atoms in total. The van der Waals surface area contributed by atoms with Crippen LogP contribution in [0.4, 0.5) is 5.69 Å². The number of aliphatic hydroxyl groups excluding tert-OH is 1. The van der Waals surface area contributed by atoms with Crippen molar-refractivity contribution in [2.45, 2.75) is 31.0 Å². The summed E-state index contributed by atoms with van der Waals surface area (Å²) in [7, 11) is 0. The molecule has 2 heterocycles. The molecule has 0 bridgehead atoms. The van der Waals surface area contributed by atoms with Crippen molar-refractivity contribution >= 4 is 11.6 Å². The summed E-state index contributed by atoms with van der Waals surface area (Å²) in [6, 6.07) is 28.8. The standard InChI is InChI=1S/C26H26N2O2/c29-18-24-26-21-13-7-8-14-22(21)28(25(30)15-19-9-3-1-4-10-19)17-23(26)27(24)16-20-11-5-2-6-12-20/h1-14,23-24,26,29H,15-18H2/t23-,24-,26+/m0/s1. The van der Waals surface area contributed by atoms with Crippen molar-refractivity contribution in [2.24, 2.45) is 0 Å². The van der Waals surface area contributed by atoms with Crippen molar-refractivity contribution in [1.29, 1.82) is 0 Å². The Kier molecular flexibility index (Phi) is 5.11. The number of nitrogens with zero attached hydrogens (tertiary/aromatic N) is 2. The molecule has 0 spiro atoms. The number of aliphatic hydroxyl groups is 1. The van der Waals surface area contributed by atoms with Crippen LogP contribution in [0.2, 0.25) is 0 Å². The van der Waals surface area contributed by atoms with E-state index in [-0.39, 0.29) is 30.5 Å². The van der Waals surface area contributed by atoms with Crippen LogP contribution in [0.15, 0.2) is 84.9 Å². The van der Waals surface area contributed by atoms with Crippen molar-refractivity contribution < 1.29 is 9.90 Å². The number of carbonyl (C=O) groups excluding carboxylic acids is 1. The average molecular weight is 399 g/mol. The molecule has 3 atom stereocenters. The third-order valence-electron chi connectivity index (χ3n) is 6.53. The van der Waals surface area contributed by atoms with Gasteiger partial charge in [-0.1, -0.05) is 78.9 Å². The Morgan fingerprint density at radius 2 is 1.50 bits per heavy atom. The van der Waals surface area contributed by atoms with Gasteiger partial charge >= 0.3 is 0 Å². The first-order chi connectivity index (χ1) is 14.8. The summed E-state index contributed by atoms with van der Waals surface area (Å²) in [5.74, 6) is 0.384. The maximum absolute atomic E-state index is 13.3. The molecule has 5 rings (SSSR count). The van der Waals surface area contributed by atoms with Gasteiger partial charge in [0.15, 0.2) is 0 Å². The van der Waals surface area contributed by atoms with E-state index in [1.165, 1.54) is 11.1 Å². The summed E-state index contributed by atoms with van der Waals surface area (Å²) in [4.78, 5) is 17.6. The second kappa shape index (κ2) is 8.05. The first kappa shape index (κ1) is 19.0. The van der Waals surface area contributed by atoms with Crippen molar-refractivity contribution in [3.8, 4) is 0 Å². The topological polar surface area (TPSA) is 43.8 Å². The highest BCUT2D eigenvalue weighted by atomic mass is 16.3. The predicted molar refractivity (Wildman–Crippen MR) is 118 cm³/mol. The summed E-state index contributed by atoms with van der Waals surface area (Å²) < 4.78 is 0. The van der Waals surface area contributed by atoms with E-state index in [9.17, 15) is 9.90 Å². The Labute approximate surface area is 177 Å². The Hall–Kier alpha value is -2.95. The zero-order valence-corrected chi connectivity index (χ0v) is 16.9. The number of para-hydroxylation sites is 1. The molecule has 0 aromatic heterocycles. The molecule has 2 aliphatic rings. The first-order valence-electron chi connectivity index (χ1n) is 10.6. The number of likely N-dealkylation sites (tertiary alicyclic amines) is 1. The van der Waals surface area contributed by atoms with Gasteiger partial charge in [0.2, 0.25) is 5.91 Å². The molecular formula is C26H26N2O2. The smallest absolute Gasteiger partial charge is 0.231 e. The lowest BCUT2D eigenvalue weighted by molar-refractivity contribution is -0.119. The fourth-order valence-electron chi connectivity index (χ4n) is 5.10. The molecule has 1 saturated heterocycles.